The van der Waals surface area contributed by atoms with Crippen LogP contribution in [0.2, 0.25) is 0 Å². The van der Waals surface area contributed by atoms with E-state index in [1.165, 1.54) is 0 Å². The highest BCUT2D eigenvalue weighted by Crippen LogP contribution is 2.48. The van der Waals surface area contributed by atoms with Crippen molar-refractivity contribution in [2.45, 2.75) is 30.5 Å². The molecule has 10 nitrogen and oxygen atoms in total. The van der Waals surface area contributed by atoms with Crippen molar-refractivity contribution >= 4 is 13.6 Å². The number of nitrogens with two attached hydrogens (primary N) is 1. The van der Waals surface area contributed by atoms with Gasteiger partial charge in [0.2, 0.25) is 0 Å². The number of hydrogen-bond donors (Lipinski definition) is 3. The lowest BCUT2D eigenvalue weighted by Crippen LogP contribution is -2.52. The molecule has 0 radical (unpaired) electrons. The van der Waals surface area contributed by atoms with Crippen LogP contribution in [0.4, 0.5) is 19.0 Å². The van der Waals surface area contributed by atoms with Crippen molar-refractivity contribution < 1.29 is 41.5 Å². The number of aromatic nitrogens is 2. The largest absolute Gasteiger partial charge is 0.472 e. The van der Waals surface area contributed by atoms with Crippen LogP contribution in [0.3, 0.4) is 0 Å². The molecule has 0 bridgehead atoms. The number of ether oxygens (including phenoxy) is 1. The number of rotatable bonds is 6. The average Bonchev–Trinajstić information content (AvgIpc) is 2.79. The third-order valence-electron chi connectivity index (χ3n) is 3.59. The lowest BCUT2D eigenvalue weighted by atomic mass is 9.97. The van der Waals surface area contributed by atoms with Crippen LogP contribution in [0.15, 0.2) is 17.1 Å². The standard InChI is InChI=1S/C11H15F3N3O7P/c1-22-25(20,21)23-4-11(9(13)14)7(18)6(12)8(24-11)17-3-2-5(15)16-10(17)19/h2-3,6-9,18H,4H2,1H3,(H,20,21)(H2,15,16,19). The Morgan fingerprint density at radius 3 is 2.76 bits per heavy atom. The average molecular weight is 389 g/mol. The molecule has 4 N–H and O–H groups in total. The number of hydrogen-bond acceptors (Lipinski definition) is 8. The first-order valence-electron chi connectivity index (χ1n) is 6.70. The Hall–Kier alpha value is -1.50. The van der Waals surface area contributed by atoms with Crippen LogP contribution in [0.1, 0.15) is 6.23 Å². The molecule has 1 aliphatic heterocycles. The van der Waals surface area contributed by atoms with Crippen LogP contribution >= 0.6 is 7.82 Å². The van der Waals surface area contributed by atoms with E-state index in [1.807, 2.05) is 0 Å². The minimum Gasteiger partial charge on any atom is -0.387 e. The van der Waals surface area contributed by atoms with Crippen LogP contribution in [0.25, 0.3) is 0 Å². The summed E-state index contributed by atoms with van der Waals surface area (Å²) in [5.41, 5.74) is 1.17. The predicted octanol–water partition coefficient (Wildman–Crippen LogP) is -0.179. The molecule has 5 unspecified atom stereocenters. The lowest BCUT2D eigenvalue weighted by Gasteiger charge is -2.30. The number of alkyl halides is 3. The summed E-state index contributed by atoms with van der Waals surface area (Å²) in [6, 6.07) is 1.09. The molecule has 1 aromatic heterocycles. The second kappa shape index (κ2) is 7.02. The fraction of sp³-hybridized carbons (Fsp3) is 0.636. The van der Waals surface area contributed by atoms with Gasteiger partial charge >= 0.3 is 13.5 Å². The Labute approximate surface area is 138 Å². The molecule has 1 aromatic rings. The van der Waals surface area contributed by atoms with E-state index in [2.05, 4.69) is 14.0 Å². The highest BCUT2D eigenvalue weighted by atomic mass is 31.2. The van der Waals surface area contributed by atoms with E-state index in [1.54, 1.807) is 0 Å². The molecule has 142 valence electrons. The van der Waals surface area contributed by atoms with Gasteiger partial charge in [-0.25, -0.2) is 22.5 Å². The first-order valence-corrected chi connectivity index (χ1v) is 8.19. The zero-order valence-electron chi connectivity index (χ0n) is 12.7. The molecule has 2 heterocycles. The quantitative estimate of drug-likeness (QED) is 0.564. The van der Waals surface area contributed by atoms with Gasteiger partial charge in [0.25, 0.3) is 6.43 Å². The fourth-order valence-corrected chi connectivity index (χ4v) is 2.68. The Bertz CT molecular complexity index is 735. The minimum atomic E-state index is -4.71. The van der Waals surface area contributed by atoms with E-state index in [0.717, 1.165) is 19.4 Å². The van der Waals surface area contributed by atoms with Gasteiger partial charge < -0.3 is 20.5 Å². The van der Waals surface area contributed by atoms with E-state index in [0.29, 0.717) is 4.57 Å². The molecule has 0 saturated carbocycles. The summed E-state index contributed by atoms with van der Waals surface area (Å²) in [4.78, 5) is 24.2. The Morgan fingerprint density at radius 2 is 2.24 bits per heavy atom. The zero-order valence-corrected chi connectivity index (χ0v) is 13.6. The van der Waals surface area contributed by atoms with Crippen LogP contribution in [-0.2, 0) is 18.3 Å². The van der Waals surface area contributed by atoms with Crippen molar-refractivity contribution in [2.75, 3.05) is 19.5 Å². The Kier molecular flexibility index (Phi) is 5.56. The van der Waals surface area contributed by atoms with E-state index < -0.39 is 50.6 Å². The van der Waals surface area contributed by atoms with E-state index in [9.17, 15) is 27.6 Å². The van der Waals surface area contributed by atoms with Gasteiger partial charge in [0, 0.05) is 13.3 Å². The SMILES string of the molecule is COP(=O)(O)OCC1(C(F)F)OC(n2ccc(N)nc2=O)C(F)C1O. The van der Waals surface area contributed by atoms with E-state index >= 15 is 0 Å². The molecular formula is C11H15F3N3O7P. The summed E-state index contributed by atoms with van der Waals surface area (Å²) >= 11 is 0. The molecule has 1 aliphatic rings. The molecule has 0 aromatic carbocycles. The predicted molar refractivity (Wildman–Crippen MR) is 75.5 cm³/mol. The van der Waals surface area contributed by atoms with Gasteiger partial charge in [0.1, 0.15) is 11.9 Å². The molecular weight excluding hydrogens is 374 g/mol. The summed E-state index contributed by atoms with van der Waals surface area (Å²) in [6.07, 6.45) is -9.52. The van der Waals surface area contributed by atoms with Gasteiger partial charge in [-0.15, -0.1) is 0 Å². The smallest absolute Gasteiger partial charge is 0.387 e. The number of nitrogens with zero attached hydrogens (tertiary/aromatic N) is 2. The number of aliphatic hydroxyl groups excluding tert-OH is 1. The van der Waals surface area contributed by atoms with Crippen molar-refractivity contribution in [3.05, 3.63) is 22.7 Å². The second-order valence-corrected chi connectivity index (χ2v) is 6.68. The fourth-order valence-electron chi connectivity index (χ4n) is 2.21. The van der Waals surface area contributed by atoms with Crippen molar-refractivity contribution in [1.82, 2.24) is 9.55 Å². The van der Waals surface area contributed by atoms with Crippen molar-refractivity contribution in [1.29, 1.82) is 0 Å². The van der Waals surface area contributed by atoms with Crippen LogP contribution in [0.5, 0.6) is 0 Å². The molecule has 0 amide bonds. The Morgan fingerprint density at radius 1 is 1.60 bits per heavy atom. The maximum Gasteiger partial charge on any atom is 0.472 e. The molecule has 0 aliphatic carbocycles. The van der Waals surface area contributed by atoms with Gasteiger partial charge in [-0.3, -0.25) is 13.6 Å². The lowest BCUT2D eigenvalue weighted by molar-refractivity contribution is -0.194. The van der Waals surface area contributed by atoms with Crippen molar-refractivity contribution in [2.24, 2.45) is 0 Å². The molecule has 1 saturated heterocycles. The molecule has 14 heteroatoms. The molecule has 5 atom stereocenters. The van der Waals surface area contributed by atoms with Gasteiger partial charge in [0.15, 0.2) is 18.0 Å². The number of aliphatic hydroxyl groups is 1. The van der Waals surface area contributed by atoms with Crippen LogP contribution in [0, 0.1) is 0 Å². The molecule has 0 spiro atoms. The first-order chi connectivity index (χ1) is 11.5. The van der Waals surface area contributed by atoms with Gasteiger partial charge in [-0.2, -0.15) is 4.98 Å². The summed E-state index contributed by atoms with van der Waals surface area (Å²) in [5.74, 6) is -0.194. The van der Waals surface area contributed by atoms with Gasteiger partial charge in [0.05, 0.1) is 6.61 Å². The summed E-state index contributed by atoms with van der Waals surface area (Å²) in [6.45, 7) is -1.37. The van der Waals surface area contributed by atoms with Crippen molar-refractivity contribution in [3.63, 3.8) is 0 Å². The highest BCUT2D eigenvalue weighted by molar-refractivity contribution is 7.47. The topological polar surface area (TPSA) is 146 Å². The molecule has 25 heavy (non-hydrogen) atoms. The number of halogens is 3. The molecule has 1 fully saturated rings. The number of phosphoric acid groups is 1. The third-order valence-corrected chi connectivity index (χ3v) is 4.51. The third kappa shape index (κ3) is 3.71. The summed E-state index contributed by atoms with van der Waals surface area (Å²) in [7, 11) is -3.93. The van der Waals surface area contributed by atoms with Crippen LogP contribution in [-0.4, -0.2) is 57.6 Å². The Balaban J connectivity index is 2.36. The second-order valence-electron chi connectivity index (χ2n) is 5.12. The summed E-state index contributed by atoms with van der Waals surface area (Å²) in [5, 5.41) is 9.89. The normalized spacial score (nSPS) is 32.0. The monoisotopic (exact) mass is 389 g/mol. The van der Waals surface area contributed by atoms with Gasteiger partial charge in [-0.1, -0.05) is 0 Å². The highest BCUT2D eigenvalue weighted by Gasteiger charge is 2.62. The number of nitrogen functional groups attached to an aromatic ring is 1. The maximum atomic E-state index is 14.4. The maximum absolute atomic E-state index is 14.4. The minimum absolute atomic E-state index is 0.194. The number of anilines is 1. The van der Waals surface area contributed by atoms with E-state index in [4.69, 9.17) is 15.4 Å². The van der Waals surface area contributed by atoms with Crippen molar-refractivity contribution in [3.8, 4) is 0 Å². The zero-order chi connectivity index (χ0) is 19.0. The van der Waals surface area contributed by atoms with E-state index in [-0.39, 0.29) is 5.82 Å². The molecule has 2 rings (SSSR count). The first kappa shape index (κ1) is 19.8. The summed E-state index contributed by atoms with van der Waals surface area (Å²) < 4.78 is 66.4. The number of phosphoric ester groups is 1. The van der Waals surface area contributed by atoms with Gasteiger partial charge in [-0.05, 0) is 6.07 Å². The van der Waals surface area contributed by atoms with Crippen LogP contribution < -0.4 is 11.4 Å².